The zero-order valence-electron chi connectivity index (χ0n) is 10.7. The number of aliphatic hydroxyl groups excluding tert-OH is 1. The fourth-order valence-electron chi connectivity index (χ4n) is 1.93. The Morgan fingerprint density at radius 3 is 2.53 bits per heavy atom. The summed E-state index contributed by atoms with van der Waals surface area (Å²) in [6, 6.07) is -1.14. The van der Waals surface area contributed by atoms with Gasteiger partial charge >= 0.3 is 5.97 Å². The van der Waals surface area contributed by atoms with Gasteiger partial charge in [-0.2, -0.15) is 4.40 Å². The minimum Gasteiger partial charge on any atom is -0.480 e. The molecule has 0 amide bonds. The molecule has 0 spiro atoms. The highest BCUT2D eigenvalue weighted by Crippen LogP contribution is 2.43. The van der Waals surface area contributed by atoms with Gasteiger partial charge in [0.25, 0.3) is 10.0 Å². The highest BCUT2D eigenvalue weighted by molar-refractivity contribution is 7.90. The summed E-state index contributed by atoms with van der Waals surface area (Å²) in [6.07, 6.45) is 3.98. The van der Waals surface area contributed by atoms with Crippen molar-refractivity contribution in [3.63, 3.8) is 0 Å². The molecular formula is C11H20N2O5S. The molecule has 0 aromatic carbocycles. The number of carboxylic acid groups (broad SMARTS) is 1. The van der Waals surface area contributed by atoms with Gasteiger partial charge in [0.2, 0.25) is 0 Å². The molecule has 19 heavy (non-hydrogen) atoms. The lowest BCUT2D eigenvalue weighted by atomic mass is 9.68. The van der Waals surface area contributed by atoms with Gasteiger partial charge in [0, 0.05) is 19.2 Å². The Balaban J connectivity index is 2.43. The SMILES string of the molecule is N[C@@H](C/C=N/S(=O)(=O)CCC1(CO)CCC1)C(=O)O. The molecule has 1 aliphatic carbocycles. The van der Waals surface area contributed by atoms with Crippen LogP contribution in [0.1, 0.15) is 32.1 Å². The van der Waals surface area contributed by atoms with Gasteiger partial charge in [-0.15, -0.1) is 0 Å². The number of aliphatic hydroxyl groups is 1. The van der Waals surface area contributed by atoms with Gasteiger partial charge in [0.15, 0.2) is 0 Å². The van der Waals surface area contributed by atoms with Crippen LogP contribution in [0.5, 0.6) is 0 Å². The van der Waals surface area contributed by atoms with Gasteiger partial charge in [-0.3, -0.25) is 4.79 Å². The second-order valence-electron chi connectivity index (χ2n) is 5.02. The summed E-state index contributed by atoms with van der Waals surface area (Å²) in [6.45, 7) is -0.00385. The van der Waals surface area contributed by atoms with E-state index in [1.165, 1.54) is 0 Å². The molecule has 4 N–H and O–H groups in total. The van der Waals surface area contributed by atoms with E-state index in [9.17, 15) is 18.3 Å². The van der Waals surface area contributed by atoms with Crippen LogP contribution in [0, 0.1) is 5.41 Å². The van der Waals surface area contributed by atoms with Gasteiger partial charge in [-0.05, 0) is 24.7 Å². The number of sulfonamides is 1. The summed E-state index contributed by atoms with van der Waals surface area (Å²) < 4.78 is 26.6. The van der Waals surface area contributed by atoms with Crippen LogP contribution in [0.25, 0.3) is 0 Å². The number of carbonyl (C=O) groups is 1. The van der Waals surface area contributed by atoms with Crippen molar-refractivity contribution in [3.05, 3.63) is 0 Å². The minimum atomic E-state index is -3.61. The Labute approximate surface area is 112 Å². The Morgan fingerprint density at radius 2 is 2.11 bits per heavy atom. The summed E-state index contributed by atoms with van der Waals surface area (Å²) in [7, 11) is -3.61. The first-order valence-corrected chi connectivity index (χ1v) is 7.77. The number of hydrogen-bond donors (Lipinski definition) is 3. The normalized spacial score (nSPS) is 20.1. The zero-order valence-corrected chi connectivity index (χ0v) is 11.5. The second-order valence-corrected chi connectivity index (χ2v) is 6.80. The van der Waals surface area contributed by atoms with E-state index >= 15 is 0 Å². The Morgan fingerprint density at radius 1 is 1.47 bits per heavy atom. The van der Waals surface area contributed by atoms with Crippen LogP contribution >= 0.6 is 0 Å². The number of nitrogens with two attached hydrogens (primary N) is 1. The number of aliphatic carboxylic acids is 1. The quantitative estimate of drug-likeness (QED) is 0.528. The van der Waals surface area contributed by atoms with Crippen LogP contribution in [0.2, 0.25) is 0 Å². The molecule has 1 fully saturated rings. The maximum absolute atomic E-state index is 11.6. The van der Waals surface area contributed by atoms with E-state index in [0.29, 0.717) is 6.42 Å². The van der Waals surface area contributed by atoms with Crippen molar-refractivity contribution in [2.75, 3.05) is 12.4 Å². The van der Waals surface area contributed by atoms with Gasteiger partial charge < -0.3 is 15.9 Å². The van der Waals surface area contributed by atoms with E-state index in [1.54, 1.807) is 0 Å². The minimum absolute atomic E-state index is 0.00385. The van der Waals surface area contributed by atoms with Crippen LogP contribution in [0.3, 0.4) is 0 Å². The zero-order chi connectivity index (χ0) is 14.5. The highest BCUT2D eigenvalue weighted by atomic mass is 32.2. The van der Waals surface area contributed by atoms with Crippen LogP contribution in [-0.4, -0.2) is 49.2 Å². The van der Waals surface area contributed by atoms with Gasteiger partial charge in [0.05, 0.1) is 5.75 Å². The van der Waals surface area contributed by atoms with E-state index < -0.39 is 22.0 Å². The number of hydrogen-bond acceptors (Lipinski definition) is 5. The molecule has 0 unspecified atom stereocenters. The summed E-state index contributed by atoms with van der Waals surface area (Å²) in [5.41, 5.74) is 4.96. The van der Waals surface area contributed by atoms with Crippen LogP contribution in [0.15, 0.2) is 4.40 Å². The van der Waals surface area contributed by atoms with E-state index in [4.69, 9.17) is 10.8 Å². The standard InChI is InChI=1S/C11H20N2O5S/c12-9(10(15)16)2-6-13-19(17,18)7-5-11(8-14)3-1-4-11/h6,9,14H,1-5,7-8,12H2,(H,15,16)/b13-6+/t9-/m0/s1. The van der Waals surface area contributed by atoms with Crippen LogP contribution in [-0.2, 0) is 14.8 Å². The summed E-state index contributed by atoms with van der Waals surface area (Å²) in [4.78, 5) is 10.4. The number of carboxylic acids is 1. The monoisotopic (exact) mass is 292 g/mol. The fourth-order valence-corrected chi connectivity index (χ4v) is 3.04. The molecule has 0 aromatic rings. The molecule has 1 atom stereocenters. The summed E-state index contributed by atoms with van der Waals surface area (Å²) in [5.74, 6) is -1.33. The van der Waals surface area contributed by atoms with Crippen molar-refractivity contribution >= 4 is 22.2 Å². The lowest BCUT2D eigenvalue weighted by Gasteiger charge is -2.40. The van der Waals surface area contributed by atoms with E-state index in [-0.39, 0.29) is 24.2 Å². The summed E-state index contributed by atoms with van der Waals surface area (Å²) in [5, 5.41) is 17.8. The molecule has 1 saturated carbocycles. The summed E-state index contributed by atoms with van der Waals surface area (Å²) >= 11 is 0. The third kappa shape index (κ3) is 4.88. The first-order chi connectivity index (χ1) is 8.80. The highest BCUT2D eigenvalue weighted by Gasteiger charge is 2.36. The Bertz CT molecular complexity index is 436. The molecule has 1 aliphatic rings. The van der Waals surface area contributed by atoms with E-state index in [0.717, 1.165) is 25.5 Å². The van der Waals surface area contributed by atoms with Crippen molar-refractivity contribution in [1.29, 1.82) is 0 Å². The second kappa shape index (κ2) is 6.44. The fraction of sp³-hybridized carbons (Fsp3) is 0.818. The van der Waals surface area contributed by atoms with Crippen LogP contribution in [0.4, 0.5) is 0 Å². The van der Waals surface area contributed by atoms with Crippen molar-refractivity contribution < 1.29 is 23.4 Å². The van der Waals surface area contributed by atoms with Crippen molar-refractivity contribution in [1.82, 2.24) is 0 Å². The van der Waals surface area contributed by atoms with E-state index in [2.05, 4.69) is 4.40 Å². The van der Waals surface area contributed by atoms with Crippen LogP contribution < -0.4 is 5.73 Å². The van der Waals surface area contributed by atoms with Crippen molar-refractivity contribution in [3.8, 4) is 0 Å². The maximum atomic E-state index is 11.6. The molecule has 0 aliphatic heterocycles. The van der Waals surface area contributed by atoms with E-state index in [1.807, 2.05) is 0 Å². The first kappa shape index (κ1) is 16.1. The maximum Gasteiger partial charge on any atom is 0.320 e. The molecule has 0 bridgehead atoms. The lowest BCUT2D eigenvalue weighted by molar-refractivity contribution is -0.138. The molecule has 0 heterocycles. The predicted molar refractivity (Wildman–Crippen MR) is 70.5 cm³/mol. The Kier molecular flexibility index (Phi) is 5.45. The van der Waals surface area contributed by atoms with Gasteiger partial charge in [-0.1, -0.05) is 6.42 Å². The third-order valence-electron chi connectivity index (χ3n) is 3.55. The average Bonchev–Trinajstić information content (AvgIpc) is 2.27. The number of rotatable bonds is 8. The molecule has 7 nitrogen and oxygen atoms in total. The molecule has 1 rings (SSSR count). The molecule has 8 heteroatoms. The lowest BCUT2D eigenvalue weighted by Crippen LogP contribution is -2.35. The van der Waals surface area contributed by atoms with Gasteiger partial charge in [0.1, 0.15) is 6.04 Å². The molecule has 0 radical (unpaired) electrons. The topological polar surface area (TPSA) is 130 Å². The van der Waals surface area contributed by atoms with Gasteiger partial charge in [-0.25, -0.2) is 8.42 Å². The molecular weight excluding hydrogens is 272 g/mol. The predicted octanol–water partition coefficient (Wildman–Crippen LogP) is -0.258. The molecule has 110 valence electrons. The average molecular weight is 292 g/mol. The number of nitrogens with zero attached hydrogens (tertiary/aromatic N) is 1. The van der Waals surface area contributed by atoms with Crippen molar-refractivity contribution in [2.45, 2.75) is 38.1 Å². The third-order valence-corrected chi connectivity index (χ3v) is 4.74. The smallest absolute Gasteiger partial charge is 0.320 e. The largest absolute Gasteiger partial charge is 0.480 e. The molecule has 0 saturated heterocycles. The Hall–Kier alpha value is -0.990. The van der Waals surface area contributed by atoms with Crippen molar-refractivity contribution in [2.24, 2.45) is 15.5 Å². The molecule has 0 aromatic heterocycles. The first-order valence-electron chi connectivity index (χ1n) is 6.16.